The SMILES string of the molecule is CC(C)[C@H](NC(=O)CCOCCOCCOCCN1C(=O)C=CC1=O)C(=O)N[C@@H](CCCNC(N)=O)C(=O)Nc1ccc(COC(=O)C2CCCCCCCCC2)cc1. The maximum absolute atomic E-state index is 13.5. The van der Waals surface area contributed by atoms with Gasteiger partial charge in [-0.3, -0.25) is 33.7 Å². The molecule has 1 aromatic rings. The third kappa shape index (κ3) is 19.6. The molecule has 328 valence electrons. The Morgan fingerprint density at radius 2 is 1.34 bits per heavy atom. The van der Waals surface area contributed by atoms with Gasteiger partial charge in [0.1, 0.15) is 18.7 Å². The van der Waals surface area contributed by atoms with Crippen LogP contribution in [-0.2, 0) is 54.3 Å². The predicted molar refractivity (Wildman–Crippen MR) is 218 cm³/mol. The first kappa shape index (κ1) is 48.5. The Hall–Kier alpha value is -4.87. The number of hydrogen-bond donors (Lipinski definition) is 5. The zero-order valence-electron chi connectivity index (χ0n) is 34.6. The zero-order valence-corrected chi connectivity index (χ0v) is 34.6. The molecule has 7 amide bonds. The summed E-state index contributed by atoms with van der Waals surface area (Å²) in [6.45, 7) is 5.34. The Morgan fingerprint density at radius 3 is 1.93 bits per heavy atom. The van der Waals surface area contributed by atoms with Gasteiger partial charge in [0.25, 0.3) is 11.8 Å². The monoisotopic (exact) mass is 828 g/mol. The topological polar surface area (TPSA) is 234 Å². The zero-order chi connectivity index (χ0) is 42.8. The maximum atomic E-state index is 13.5. The molecular formula is C42H64N6O11. The summed E-state index contributed by atoms with van der Waals surface area (Å²) in [6.07, 6.45) is 12.7. The summed E-state index contributed by atoms with van der Waals surface area (Å²) in [7, 11) is 0. The van der Waals surface area contributed by atoms with Crippen LogP contribution in [0.5, 0.6) is 0 Å². The van der Waals surface area contributed by atoms with Gasteiger partial charge >= 0.3 is 12.0 Å². The number of esters is 1. The molecule has 1 saturated carbocycles. The number of amides is 7. The Bertz CT molecular complexity index is 1510. The van der Waals surface area contributed by atoms with Crippen molar-refractivity contribution in [3.63, 3.8) is 0 Å². The highest BCUT2D eigenvalue weighted by Gasteiger charge is 2.29. The second-order valence-corrected chi connectivity index (χ2v) is 15.1. The van der Waals surface area contributed by atoms with E-state index < -0.39 is 35.8 Å². The summed E-state index contributed by atoms with van der Waals surface area (Å²) in [5.74, 6) is -2.72. The van der Waals surface area contributed by atoms with E-state index in [0.717, 1.165) is 49.0 Å². The Kier molecular flexibility index (Phi) is 22.8. The minimum Gasteiger partial charge on any atom is -0.461 e. The largest absolute Gasteiger partial charge is 0.461 e. The highest BCUT2D eigenvalue weighted by Crippen LogP contribution is 2.23. The van der Waals surface area contributed by atoms with Crippen molar-refractivity contribution in [3.8, 4) is 0 Å². The summed E-state index contributed by atoms with van der Waals surface area (Å²) >= 11 is 0. The van der Waals surface area contributed by atoms with Crippen LogP contribution in [0.3, 0.4) is 0 Å². The fraction of sp³-hybridized carbons (Fsp3) is 0.643. The molecule has 17 nitrogen and oxygen atoms in total. The normalized spacial score (nSPS) is 16.0. The van der Waals surface area contributed by atoms with E-state index >= 15 is 0 Å². The maximum Gasteiger partial charge on any atom is 0.312 e. The van der Waals surface area contributed by atoms with E-state index in [4.69, 9.17) is 24.7 Å². The fourth-order valence-electron chi connectivity index (χ4n) is 6.57. The van der Waals surface area contributed by atoms with Crippen LogP contribution in [0, 0.1) is 11.8 Å². The van der Waals surface area contributed by atoms with Gasteiger partial charge in [-0.2, -0.15) is 0 Å². The van der Waals surface area contributed by atoms with Crippen LogP contribution in [-0.4, -0.2) is 111 Å². The number of ether oxygens (including phenoxy) is 4. The lowest BCUT2D eigenvalue weighted by atomic mass is 9.92. The molecule has 6 N–H and O–H groups in total. The van der Waals surface area contributed by atoms with Crippen LogP contribution in [0.4, 0.5) is 10.5 Å². The molecule has 3 rings (SSSR count). The first-order valence-corrected chi connectivity index (χ1v) is 20.9. The summed E-state index contributed by atoms with van der Waals surface area (Å²) in [5.41, 5.74) is 6.44. The van der Waals surface area contributed by atoms with Gasteiger partial charge in [0.15, 0.2) is 0 Å². The van der Waals surface area contributed by atoms with Crippen LogP contribution in [0.2, 0.25) is 0 Å². The molecule has 1 heterocycles. The molecule has 0 unspecified atom stereocenters. The van der Waals surface area contributed by atoms with E-state index in [1.54, 1.807) is 38.1 Å². The Morgan fingerprint density at radius 1 is 0.763 bits per heavy atom. The third-order valence-corrected chi connectivity index (χ3v) is 9.99. The molecule has 2 aliphatic rings. The fourth-order valence-corrected chi connectivity index (χ4v) is 6.57. The van der Waals surface area contributed by atoms with Crippen LogP contribution in [0.1, 0.15) is 96.5 Å². The number of primary amides is 1. The lowest BCUT2D eigenvalue weighted by Gasteiger charge is -2.25. The summed E-state index contributed by atoms with van der Waals surface area (Å²) < 4.78 is 22.0. The number of carbonyl (C=O) groups is 7. The quantitative estimate of drug-likeness (QED) is 0.0545. The molecule has 1 aromatic carbocycles. The van der Waals surface area contributed by atoms with Crippen molar-refractivity contribution in [2.45, 2.75) is 110 Å². The van der Waals surface area contributed by atoms with Crippen LogP contribution < -0.4 is 27.0 Å². The minimum absolute atomic E-state index is 0.0130. The average molecular weight is 829 g/mol. The lowest BCUT2D eigenvalue weighted by Crippen LogP contribution is -2.54. The molecule has 0 saturated heterocycles. The second-order valence-electron chi connectivity index (χ2n) is 15.1. The van der Waals surface area contributed by atoms with E-state index in [-0.39, 0.29) is 102 Å². The number of anilines is 1. The van der Waals surface area contributed by atoms with Crippen LogP contribution in [0.25, 0.3) is 0 Å². The average Bonchev–Trinajstić information content (AvgIpc) is 3.53. The second kappa shape index (κ2) is 27.8. The summed E-state index contributed by atoms with van der Waals surface area (Å²) in [5, 5.41) is 10.8. The highest BCUT2D eigenvalue weighted by molar-refractivity contribution is 6.12. The van der Waals surface area contributed by atoms with E-state index in [9.17, 15) is 33.6 Å². The van der Waals surface area contributed by atoms with Crippen molar-refractivity contribution >= 4 is 47.2 Å². The first-order chi connectivity index (χ1) is 28.4. The van der Waals surface area contributed by atoms with Crippen LogP contribution in [0.15, 0.2) is 36.4 Å². The first-order valence-electron chi connectivity index (χ1n) is 20.9. The number of imide groups is 1. The highest BCUT2D eigenvalue weighted by atomic mass is 16.5. The Balaban J connectivity index is 1.41. The van der Waals surface area contributed by atoms with E-state index in [1.165, 1.54) is 31.4 Å². The smallest absolute Gasteiger partial charge is 0.312 e. The van der Waals surface area contributed by atoms with Crippen LogP contribution >= 0.6 is 0 Å². The third-order valence-electron chi connectivity index (χ3n) is 9.99. The molecule has 17 heteroatoms. The lowest BCUT2D eigenvalue weighted by molar-refractivity contribution is -0.150. The van der Waals surface area contributed by atoms with Crippen molar-refractivity contribution in [2.24, 2.45) is 17.6 Å². The molecule has 1 aliphatic heterocycles. The minimum atomic E-state index is -1.00. The molecule has 0 spiro atoms. The van der Waals surface area contributed by atoms with Crippen molar-refractivity contribution in [2.75, 3.05) is 58.0 Å². The Labute approximate surface area is 347 Å². The number of carbonyl (C=O) groups excluding carboxylic acids is 7. The number of nitrogens with zero attached hydrogens (tertiary/aromatic N) is 1. The van der Waals surface area contributed by atoms with Gasteiger partial charge < -0.3 is 45.9 Å². The molecule has 1 fully saturated rings. The molecule has 0 aromatic heterocycles. The summed E-state index contributed by atoms with van der Waals surface area (Å²) in [4.78, 5) is 88.0. The number of benzene rings is 1. The van der Waals surface area contributed by atoms with E-state index in [2.05, 4.69) is 21.3 Å². The van der Waals surface area contributed by atoms with Gasteiger partial charge in [0, 0.05) is 30.8 Å². The van der Waals surface area contributed by atoms with Gasteiger partial charge in [-0.25, -0.2) is 4.79 Å². The predicted octanol–water partition coefficient (Wildman–Crippen LogP) is 3.25. The summed E-state index contributed by atoms with van der Waals surface area (Å²) in [6, 6.07) is 4.28. The number of hydrogen-bond acceptors (Lipinski definition) is 11. The van der Waals surface area contributed by atoms with Gasteiger partial charge in [-0.1, -0.05) is 70.9 Å². The van der Waals surface area contributed by atoms with Gasteiger partial charge in [0.2, 0.25) is 17.7 Å². The molecule has 0 radical (unpaired) electrons. The van der Waals surface area contributed by atoms with Crippen molar-refractivity contribution in [1.82, 2.24) is 20.9 Å². The number of nitrogens with one attached hydrogen (secondary N) is 4. The molecular weight excluding hydrogens is 764 g/mol. The van der Waals surface area contributed by atoms with Crippen molar-refractivity contribution in [3.05, 3.63) is 42.0 Å². The van der Waals surface area contributed by atoms with E-state index in [0.29, 0.717) is 12.1 Å². The van der Waals surface area contributed by atoms with Gasteiger partial charge in [0.05, 0.1) is 52.1 Å². The molecule has 2 atom stereocenters. The number of nitrogens with two attached hydrogens (primary N) is 1. The number of rotatable bonds is 25. The van der Waals surface area contributed by atoms with E-state index in [1.807, 2.05) is 0 Å². The van der Waals surface area contributed by atoms with Gasteiger partial charge in [-0.05, 0) is 49.3 Å². The standard InChI is InChI=1S/C42H64N6O11/c1-30(2)38(47-35(49)20-23-56-25-27-58-28-26-57-24-22-48-36(50)18-19-37(48)51)40(53)46-34(13-10-21-44-42(43)55)39(52)45-33-16-14-31(15-17-33)29-59-41(54)32-11-8-6-4-3-5-7-9-12-32/h14-19,30,32,34,38H,3-13,20-29H2,1-2H3,(H,45,52)(H,46,53)(H,47,49)(H3,43,44,55)/t34-,38-/m0/s1. The molecule has 59 heavy (non-hydrogen) atoms. The van der Waals surface area contributed by atoms with Crippen molar-refractivity contribution < 1.29 is 52.5 Å². The molecule has 0 bridgehead atoms. The van der Waals surface area contributed by atoms with Gasteiger partial charge in [-0.15, -0.1) is 0 Å². The van der Waals surface area contributed by atoms with Crippen molar-refractivity contribution in [1.29, 1.82) is 0 Å². The molecule has 1 aliphatic carbocycles. The number of urea groups is 1.